The van der Waals surface area contributed by atoms with E-state index in [9.17, 15) is 9.69 Å². The maximum absolute atomic E-state index is 12.9. The van der Waals surface area contributed by atoms with Crippen LogP contribution in [0.2, 0.25) is 0 Å². The van der Waals surface area contributed by atoms with Crippen LogP contribution in [0.15, 0.2) is 34.4 Å². The van der Waals surface area contributed by atoms with Gasteiger partial charge in [0.25, 0.3) is 0 Å². The van der Waals surface area contributed by atoms with Crippen LogP contribution in [-0.2, 0) is 25.9 Å². The first-order valence-corrected chi connectivity index (χ1v) is 16.7. The number of carbonyl (C=O) groups excluding carboxylic acids is 1. The molecule has 198 valence electrons. The summed E-state index contributed by atoms with van der Waals surface area (Å²) in [5.74, 6) is 2.39. The van der Waals surface area contributed by atoms with Crippen LogP contribution in [0.1, 0.15) is 98.3 Å². The maximum atomic E-state index is 12.9. The summed E-state index contributed by atoms with van der Waals surface area (Å²) in [6.45, 7) is 9.08. The van der Waals surface area contributed by atoms with Gasteiger partial charge in [-0.15, -0.1) is 12.0 Å². The van der Waals surface area contributed by atoms with Gasteiger partial charge in [-0.1, -0.05) is 75.7 Å². The molecule has 0 aliphatic heterocycles. The topological polar surface area (TPSA) is 55.8 Å². The van der Waals surface area contributed by atoms with Crippen LogP contribution >= 0.6 is 6.49 Å². The molecule has 7 heteroatoms. The second kappa shape index (κ2) is 14.3. The second-order valence-electron chi connectivity index (χ2n) is 11.5. The van der Waals surface area contributed by atoms with Crippen molar-refractivity contribution in [3.05, 3.63) is 40.4 Å². The first-order chi connectivity index (χ1) is 16.5. The summed E-state index contributed by atoms with van der Waals surface area (Å²) in [5.41, 5.74) is 5.93. The van der Waals surface area contributed by atoms with E-state index >= 15 is 0 Å². The van der Waals surface area contributed by atoms with E-state index in [2.05, 4.69) is 39.8 Å². The Bertz CT molecular complexity index is 901. The molecule has 0 amide bonds. The molecule has 0 saturated carbocycles. The van der Waals surface area contributed by atoms with Crippen LogP contribution in [-0.4, -0.2) is 30.7 Å². The number of ether oxygens (including phenoxy) is 1. The molecule has 0 aromatic carbocycles. The molecule has 0 saturated heterocycles. The largest absolute Gasteiger partial charge is 1.00 e. The molecule has 3 aliphatic carbocycles. The van der Waals surface area contributed by atoms with Crippen LogP contribution < -0.4 is 18.9 Å². The Balaban J connectivity index is 0.00000456. The predicted octanol–water partition coefficient (Wildman–Crippen LogP) is 4.84. The Kier molecular flexibility index (Phi) is 12.7. The third-order valence-electron chi connectivity index (χ3n) is 7.77. The Morgan fingerprint density at radius 1 is 1.22 bits per heavy atom. The third-order valence-corrected chi connectivity index (χ3v) is 8.75. The number of allylic oxidation sites excluding steroid dienone is 5. The quantitative estimate of drug-likeness (QED) is 0.0982. The molecule has 1 N–H and O–H groups in total. The van der Waals surface area contributed by atoms with Crippen molar-refractivity contribution in [1.29, 1.82) is 0 Å². The molecule has 0 bridgehead atoms. The van der Waals surface area contributed by atoms with Gasteiger partial charge in [0.05, 0.1) is 19.6 Å². The molecule has 3 atom stereocenters. The SMILES string of the molecule is CCCCCC1C=C(CC(=O)OCCCCOP(C)(O)=S)C2=C(C1)CC(C)(C)[C-]1CCC(C)=CC21.[Li+]. The van der Waals surface area contributed by atoms with E-state index in [0.717, 1.165) is 32.1 Å². The van der Waals surface area contributed by atoms with Gasteiger partial charge in [-0.2, -0.15) is 11.8 Å². The van der Waals surface area contributed by atoms with Crippen LogP contribution in [0.25, 0.3) is 0 Å². The molecule has 0 heterocycles. The van der Waals surface area contributed by atoms with Crippen LogP contribution in [0, 0.1) is 23.2 Å². The molecular formula is C29H46LiO4PS. The number of hydrogen-bond donors (Lipinski definition) is 1. The number of rotatable bonds is 12. The van der Waals surface area contributed by atoms with Crippen molar-refractivity contribution in [1.82, 2.24) is 0 Å². The van der Waals surface area contributed by atoms with Gasteiger partial charge >= 0.3 is 24.8 Å². The summed E-state index contributed by atoms with van der Waals surface area (Å²) in [6.07, 6.45) is 16.2. The van der Waals surface area contributed by atoms with E-state index in [1.807, 2.05) is 0 Å². The van der Waals surface area contributed by atoms with Crippen molar-refractivity contribution in [2.24, 2.45) is 17.3 Å². The van der Waals surface area contributed by atoms with Crippen LogP contribution in [0.3, 0.4) is 0 Å². The van der Waals surface area contributed by atoms with Gasteiger partial charge in [0.15, 0.2) is 6.49 Å². The van der Waals surface area contributed by atoms with Gasteiger partial charge in [-0.05, 0) is 55.9 Å². The zero-order valence-electron chi connectivity index (χ0n) is 23.5. The van der Waals surface area contributed by atoms with Crippen molar-refractivity contribution in [3.8, 4) is 0 Å². The van der Waals surface area contributed by atoms with Crippen LogP contribution in [0.4, 0.5) is 0 Å². The van der Waals surface area contributed by atoms with E-state index in [0.29, 0.717) is 37.9 Å². The maximum Gasteiger partial charge on any atom is 1.00 e. The molecule has 36 heavy (non-hydrogen) atoms. The first-order valence-electron chi connectivity index (χ1n) is 13.6. The molecule has 3 unspecified atom stereocenters. The van der Waals surface area contributed by atoms with Gasteiger partial charge in [0, 0.05) is 6.66 Å². The van der Waals surface area contributed by atoms with Crippen molar-refractivity contribution in [2.75, 3.05) is 19.9 Å². The summed E-state index contributed by atoms with van der Waals surface area (Å²) in [4.78, 5) is 22.5. The van der Waals surface area contributed by atoms with Gasteiger partial charge in [0.2, 0.25) is 0 Å². The Labute approximate surface area is 237 Å². The molecule has 0 spiro atoms. The molecule has 0 fully saturated rings. The van der Waals surface area contributed by atoms with Crippen molar-refractivity contribution >= 4 is 24.3 Å². The fourth-order valence-corrected chi connectivity index (χ4v) is 6.81. The summed E-state index contributed by atoms with van der Waals surface area (Å²) >= 11 is 4.89. The average molecular weight is 529 g/mol. The number of unbranched alkanes of at least 4 members (excludes halogenated alkanes) is 3. The second-order valence-corrected chi connectivity index (χ2v) is 15.4. The third kappa shape index (κ3) is 9.25. The number of esters is 1. The Morgan fingerprint density at radius 2 is 1.94 bits per heavy atom. The minimum Gasteiger partial charge on any atom is -0.465 e. The normalized spacial score (nSPS) is 25.1. The molecular weight excluding hydrogens is 482 g/mol. The Morgan fingerprint density at radius 3 is 2.64 bits per heavy atom. The molecule has 4 nitrogen and oxygen atoms in total. The number of hydrogen-bond acceptors (Lipinski definition) is 4. The monoisotopic (exact) mass is 528 g/mol. The van der Waals surface area contributed by atoms with E-state index in [-0.39, 0.29) is 30.2 Å². The predicted molar refractivity (Wildman–Crippen MR) is 149 cm³/mol. The zero-order valence-corrected chi connectivity index (χ0v) is 25.2. The molecule has 3 rings (SSSR count). The Hall–Kier alpha value is -0.143. The van der Waals surface area contributed by atoms with Crippen molar-refractivity contribution in [3.63, 3.8) is 0 Å². The molecule has 0 aromatic rings. The number of fused-ring (bicyclic) bond motifs is 2. The summed E-state index contributed by atoms with van der Waals surface area (Å²) in [5, 5.41) is 0. The average Bonchev–Trinajstić information content (AvgIpc) is 2.74. The molecule has 3 aliphatic rings. The van der Waals surface area contributed by atoms with Gasteiger partial charge in [-0.25, -0.2) is 0 Å². The fourth-order valence-electron chi connectivity index (χ4n) is 6.12. The first kappa shape index (κ1) is 32.1. The standard InChI is InChI=1S/C29H46O4PS.Li/c1-6-7-8-11-22-17-23(19-27(30)32-14-9-10-15-33-34(5,31)35)28-24(18-22)20-29(3,4)26-13-12-21(2)16-25(26)28;/h16-17,22,25H,6-15,18-20H2,1-5H3,(H,31,35);/q-1;+1. The van der Waals surface area contributed by atoms with Crippen LogP contribution in [0.5, 0.6) is 0 Å². The van der Waals surface area contributed by atoms with Gasteiger partial charge in [-0.3, -0.25) is 10.7 Å². The fraction of sp³-hybridized carbons (Fsp3) is 0.724. The number of carbonyl (C=O) groups is 1. The van der Waals surface area contributed by atoms with E-state index < -0.39 is 6.49 Å². The summed E-state index contributed by atoms with van der Waals surface area (Å²) < 4.78 is 10.9. The smallest absolute Gasteiger partial charge is 0.465 e. The van der Waals surface area contributed by atoms with E-state index in [1.165, 1.54) is 42.4 Å². The van der Waals surface area contributed by atoms with Crippen molar-refractivity contribution < 1.29 is 37.8 Å². The van der Waals surface area contributed by atoms with E-state index in [1.54, 1.807) is 18.2 Å². The van der Waals surface area contributed by atoms with E-state index in [4.69, 9.17) is 21.1 Å². The minimum absolute atomic E-state index is 0. The van der Waals surface area contributed by atoms with Gasteiger partial charge in [0.1, 0.15) is 0 Å². The minimum atomic E-state index is -2.61. The zero-order chi connectivity index (χ0) is 25.6. The van der Waals surface area contributed by atoms with Crippen molar-refractivity contribution in [2.45, 2.75) is 98.3 Å². The molecule has 0 aromatic heterocycles. The molecule has 0 radical (unpaired) electrons. The van der Waals surface area contributed by atoms with Gasteiger partial charge < -0.3 is 14.2 Å². The summed E-state index contributed by atoms with van der Waals surface area (Å²) in [7, 11) is 0. The summed E-state index contributed by atoms with van der Waals surface area (Å²) in [6, 6.07) is 0.